The third-order valence-corrected chi connectivity index (χ3v) is 7.38. The number of sulfone groups is 1. The van der Waals surface area contributed by atoms with Gasteiger partial charge in [0, 0.05) is 12.0 Å². The average molecular weight is 401 g/mol. The van der Waals surface area contributed by atoms with Crippen LogP contribution < -0.4 is 4.74 Å². The molecule has 0 heterocycles. The minimum Gasteiger partial charge on any atom is -0.493 e. The molecule has 150 valence electrons. The van der Waals surface area contributed by atoms with Crippen LogP contribution in [0.1, 0.15) is 53.7 Å². The zero-order chi connectivity index (χ0) is 20.3. The summed E-state index contributed by atoms with van der Waals surface area (Å²) in [6.45, 7) is 6.12. The molecule has 1 aliphatic carbocycles. The van der Waals surface area contributed by atoms with Gasteiger partial charge in [-0.25, -0.2) is 8.42 Å². The highest BCUT2D eigenvalue weighted by atomic mass is 32.2. The van der Waals surface area contributed by atoms with E-state index in [0.717, 1.165) is 23.5 Å². The second-order valence-corrected chi connectivity index (χ2v) is 10.6. The van der Waals surface area contributed by atoms with E-state index in [4.69, 9.17) is 4.74 Å². The maximum atomic E-state index is 12.6. The van der Waals surface area contributed by atoms with Crippen LogP contribution in [0.15, 0.2) is 42.5 Å². The van der Waals surface area contributed by atoms with Crippen molar-refractivity contribution in [2.75, 3.05) is 6.61 Å². The maximum absolute atomic E-state index is 12.6. The Balaban J connectivity index is 1.62. The molecule has 0 spiro atoms. The van der Waals surface area contributed by atoms with Gasteiger partial charge in [-0.3, -0.25) is 4.79 Å². The Morgan fingerprint density at radius 3 is 2.36 bits per heavy atom. The smallest absolute Gasteiger partial charge is 0.167 e. The Hall–Kier alpha value is -2.14. The molecule has 0 unspecified atom stereocenters. The number of ether oxygens (including phenoxy) is 1. The SMILES string of the molecule is Cc1cc(OCC2CC2)ccc1CC(=O)c1ccc(CS(=O)(=O)C(C)C)cc1. The van der Waals surface area contributed by atoms with E-state index in [1.807, 2.05) is 25.1 Å². The van der Waals surface area contributed by atoms with Crippen molar-refractivity contribution in [2.24, 2.45) is 5.92 Å². The summed E-state index contributed by atoms with van der Waals surface area (Å²) in [5.74, 6) is 1.59. The molecule has 5 heteroatoms. The molecule has 0 radical (unpaired) electrons. The Labute approximate surface area is 167 Å². The normalized spacial score (nSPS) is 14.3. The van der Waals surface area contributed by atoms with Gasteiger partial charge in [-0.1, -0.05) is 30.3 Å². The molecule has 0 bridgehead atoms. The molecule has 3 rings (SSSR count). The first-order chi connectivity index (χ1) is 13.2. The summed E-state index contributed by atoms with van der Waals surface area (Å²) in [4.78, 5) is 12.6. The van der Waals surface area contributed by atoms with Gasteiger partial charge in [-0.2, -0.15) is 0 Å². The van der Waals surface area contributed by atoms with Gasteiger partial charge in [0.1, 0.15) is 5.75 Å². The molecule has 1 saturated carbocycles. The van der Waals surface area contributed by atoms with Crippen molar-refractivity contribution in [3.63, 3.8) is 0 Å². The van der Waals surface area contributed by atoms with Crippen molar-refractivity contribution in [3.05, 3.63) is 64.7 Å². The Morgan fingerprint density at radius 2 is 1.79 bits per heavy atom. The fourth-order valence-corrected chi connectivity index (χ4v) is 3.91. The van der Waals surface area contributed by atoms with Crippen molar-refractivity contribution in [2.45, 2.75) is 51.0 Å². The third-order valence-electron chi connectivity index (χ3n) is 5.21. The second-order valence-electron chi connectivity index (χ2n) is 8.00. The van der Waals surface area contributed by atoms with E-state index in [1.54, 1.807) is 38.1 Å². The maximum Gasteiger partial charge on any atom is 0.167 e. The number of Topliss-reactive ketones (excluding diaryl/α,β-unsaturated/α-hetero) is 1. The lowest BCUT2D eigenvalue weighted by molar-refractivity contribution is 0.0992. The summed E-state index contributed by atoms with van der Waals surface area (Å²) >= 11 is 0. The number of carbonyl (C=O) groups is 1. The van der Waals surface area contributed by atoms with Crippen LogP contribution in [-0.4, -0.2) is 26.1 Å². The van der Waals surface area contributed by atoms with Gasteiger partial charge in [0.25, 0.3) is 0 Å². The summed E-state index contributed by atoms with van der Waals surface area (Å²) in [5, 5.41) is -0.409. The minimum absolute atomic E-state index is 0.000560. The molecular weight excluding hydrogens is 372 g/mol. The highest BCUT2D eigenvalue weighted by Gasteiger charge is 2.22. The molecule has 28 heavy (non-hydrogen) atoms. The molecule has 4 nitrogen and oxygen atoms in total. The van der Waals surface area contributed by atoms with Gasteiger partial charge >= 0.3 is 0 Å². The van der Waals surface area contributed by atoms with Crippen molar-refractivity contribution < 1.29 is 17.9 Å². The number of hydrogen-bond donors (Lipinski definition) is 0. The lowest BCUT2D eigenvalue weighted by atomic mass is 9.99. The van der Waals surface area contributed by atoms with Gasteiger partial charge in [0.15, 0.2) is 15.6 Å². The van der Waals surface area contributed by atoms with Crippen LogP contribution in [0.25, 0.3) is 0 Å². The highest BCUT2D eigenvalue weighted by Crippen LogP contribution is 2.30. The topological polar surface area (TPSA) is 60.4 Å². The zero-order valence-electron chi connectivity index (χ0n) is 16.8. The number of rotatable bonds is 9. The summed E-state index contributed by atoms with van der Waals surface area (Å²) in [6.07, 6.45) is 2.83. The second kappa shape index (κ2) is 8.48. The molecule has 0 amide bonds. The number of ketones is 1. The number of benzene rings is 2. The van der Waals surface area contributed by atoms with Crippen LogP contribution in [0, 0.1) is 12.8 Å². The fraction of sp³-hybridized carbons (Fsp3) is 0.435. The fourth-order valence-electron chi connectivity index (χ4n) is 2.92. The van der Waals surface area contributed by atoms with E-state index in [1.165, 1.54) is 12.8 Å². The van der Waals surface area contributed by atoms with Crippen LogP contribution in [0.2, 0.25) is 0 Å². The van der Waals surface area contributed by atoms with Gasteiger partial charge in [-0.15, -0.1) is 0 Å². The molecule has 1 aliphatic rings. The summed E-state index contributed by atoms with van der Waals surface area (Å²) < 4.78 is 29.9. The summed E-state index contributed by atoms with van der Waals surface area (Å²) in [5.41, 5.74) is 3.33. The van der Waals surface area contributed by atoms with Gasteiger partial charge in [0.2, 0.25) is 0 Å². The van der Waals surface area contributed by atoms with E-state index >= 15 is 0 Å². The number of hydrogen-bond acceptors (Lipinski definition) is 4. The van der Waals surface area contributed by atoms with Crippen LogP contribution in [0.5, 0.6) is 5.75 Å². The molecular formula is C23H28O4S. The average Bonchev–Trinajstić information content (AvgIpc) is 3.46. The van der Waals surface area contributed by atoms with Crippen LogP contribution in [0.3, 0.4) is 0 Å². The number of carbonyl (C=O) groups excluding carboxylic acids is 1. The first kappa shape index (κ1) is 20.6. The molecule has 1 fully saturated rings. The number of aryl methyl sites for hydroxylation is 1. The lowest BCUT2D eigenvalue weighted by Crippen LogP contribution is -2.16. The summed E-state index contributed by atoms with van der Waals surface area (Å²) in [6, 6.07) is 12.8. The molecule has 0 aliphatic heterocycles. The first-order valence-corrected chi connectivity index (χ1v) is 11.5. The highest BCUT2D eigenvalue weighted by molar-refractivity contribution is 7.91. The van der Waals surface area contributed by atoms with Gasteiger partial charge in [0.05, 0.1) is 17.6 Å². The largest absolute Gasteiger partial charge is 0.493 e. The first-order valence-electron chi connectivity index (χ1n) is 9.80. The van der Waals surface area contributed by atoms with E-state index in [0.29, 0.717) is 23.5 Å². The molecule has 2 aromatic carbocycles. The Kier molecular flexibility index (Phi) is 6.23. The standard InChI is InChI=1S/C23H28O4S/c1-16(2)28(25,26)15-19-6-8-20(9-7-19)23(24)13-21-10-11-22(12-17(21)3)27-14-18-4-5-18/h6-12,16,18H,4-5,13-15H2,1-3H3. The zero-order valence-corrected chi connectivity index (χ0v) is 17.6. The van der Waals surface area contributed by atoms with E-state index in [9.17, 15) is 13.2 Å². The van der Waals surface area contributed by atoms with Crippen LogP contribution in [0.4, 0.5) is 0 Å². The Bertz CT molecular complexity index is 939. The van der Waals surface area contributed by atoms with Crippen molar-refractivity contribution in [1.29, 1.82) is 0 Å². The predicted octanol–water partition coefficient (Wildman–Crippen LogP) is 4.53. The van der Waals surface area contributed by atoms with Crippen molar-refractivity contribution >= 4 is 15.6 Å². The van der Waals surface area contributed by atoms with Crippen molar-refractivity contribution in [3.8, 4) is 5.75 Å². The monoisotopic (exact) mass is 400 g/mol. The lowest BCUT2D eigenvalue weighted by Gasteiger charge is -2.10. The van der Waals surface area contributed by atoms with Crippen molar-refractivity contribution in [1.82, 2.24) is 0 Å². The van der Waals surface area contributed by atoms with Gasteiger partial charge < -0.3 is 4.74 Å². The molecule has 0 N–H and O–H groups in total. The van der Waals surface area contributed by atoms with Crippen LogP contribution >= 0.6 is 0 Å². The quantitative estimate of drug-likeness (QED) is 0.580. The predicted molar refractivity (Wildman–Crippen MR) is 112 cm³/mol. The van der Waals surface area contributed by atoms with Crippen LogP contribution in [-0.2, 0) is 22.0 Å². The van der Waals surface area contributed by atoms with Gasteiger partial charge in [-0.05, 0) is 68.4 Å². The summed E-state index contributed by atoms with van der Waals surface area (Å²) in [7, 11) is -3.15. The van der Waals surface area contributed by atoms with E-state index in [-0.39, 0.29) is 11.5 Å². The van der Waals surface area contributed by atoms with E-state index < -0.39 is 15.1 Å². The Morgan fingerprint density at radius 1 is 1.11 bits per heavy atom. The minimum atomic E-state index is -3.15. The molecule has 0 atom stereocenters. The molecule has 0 saturated heterocycles. The third kappa shape index (κ3) is 5.44. The van der Waals surface area contributed by atoms with E-state index in [2.05, 4.69) is 0 Å². The molecule has 0 aromatic heterocycles. The molecule has 2 aromatic rings.